The minimum atomic E-state index is -0.778. The number of carbonyl (C=O) groups is 1. The van der Waals surface area contributed by atoms with Gasteiger partial charge >= 0.3 is 5.97 Å². The Hall–Kier alpha value is -2.33. The van der Waals surface area contributed by atoms with Crippen molar-refractivity contribution < 1.29 is 9.90 Å². The standard InChI is InChI=1S/C18H20N2O2/c21-18(22)17(15-7-3-1-4-8-15)20-13-11-19(12-14-20)16-9-5-2-6-10-16/h1-10,17H,11-14H2,(H,21,22)/t17-/m1/s1. The summed E-state index contributed by atoms with van der Waals surface area (Å²) in [5.41, 5.74) is 2.05. The van der Waals surface area contributed by atoms with E-state index in [0.717, 1.165) is 31.7 Å². The van der Waals surface area contributed by atoms with Gasteiger partial charge in [0.1, 0.15) is 6.04 Å². The number of carboxylic acids is 1. The number of carboxylic acid groups (broad SMARTS) is 1. The van der Waals surface area contributed by atoms with Crippen LogP contribution in [0, 0.1) is 0 Å². The molecule has 1 N–H and O–H groups in total. The summed E-state index contributed by atoms with van der Waals surface area (Å²) in [6, 6.07) is 19.2. The maximum atomic E-state index is 11.7. The topological polar surface area (TPSA) is 43.8 Å². The number of aliphatic carboxylic acids is 1. The van der Waals surface area contributed by atoms with Crippen LogP contribution in [0.5, 0.6) is 0 Å². The molecule has 1 fully saturated rings. The highest BCUT2D eigenvalue weighted by Gasteiger charge is 2.30. The molecule has 0 aromatic heterocycles. The fourth-order valence-electron chi connectivity index (χ4n) is 3.02. The molecule has 0 radical (unpaired) electrons. The minimum Gasteiger partial charge on any atom is -0.480 e. The Kier molecular flexibility index (Phi) is 4.39. The first kappa shape index (κ1) is 14.6. The summed E-state index contributed by atoms with van der Waals surface area (Å²) in [7, 11) is 0. The maximum Gasteiger partial charge on any atom is 0.325 e. The first-order valence-corrected chi connectivity index (χ1v) is 7.57. The van der Waals surface area contributed by atoms with Crippen LogP contribution in [-0.2, 0) is 4.79 Å². The summed E-state index contributed by atoms with van der Waals surface area (Å²) in [6.07, 6.45) is 0. The monoisotopic (exact) mass is 296 g/mol. The second-order valence-corrected chi connectivity index (χ2v) is 5.51. The number of hydrogen-bond acceptors (Lipinski definition) is 3. The van der Waals surface area contributed by atoms with Gasteiger partial charge in [0.2, 0.25) is 0 Å². The van der Waals surface area contributed by atoms with Crippen LogP contribution in [0.25, 0.3) is 0 Å². The van der Waals surface area contributed by atoms with Crippen LogP contribution in [0.1, 0.15) is 11.6 Å². The van der Waals surface area contributed by atoms with Gasteiger partial charge in [-0.05, 0) is 17.7 Å². The second kappa shape index (κ2) is 6.62. The van der Waals surface area contributed by atoms with E-state index in [-0.39, 0.29) is 0 Å². The highest BCUT2D eigenvalue weighted by Crippen LogP contribution is 2.24. The largest absolute Gasteiger partial charge is 0.480 e. The molecule has 0 amide bonds. The molecule has 1 saturated heterocycles. The quantitative estimate of drug-likeness (QED) is 0.942. The molecule has 0 saturated carbocycles. The predicted octanol–water partition coefficient (Wildman–Crippen LogP) is 2.63. The maximum absolute atomic E-state index is 11.7. The van der Waals surface area contributed by atoms with Crippen LogP contribution >= 0.6 is 0 Å². The smallest absolute Gasteiger partial charge is 0.325 e. The van der Waals surface area contributed by atoms with Gasteiger partial charge in [-0.15, -0.1) is 0 Å². The molecule has 0 unspecified atom stereocenters. The molecular weight excluding hydrogens is 276 g/mol. The van der Waals surface area contributed by atoms with E-state index in [9.17, 15) is 9.90 Å². The van der Waals surface area contributed by atoms with E-state index < -0.39 is 12.0 Å². The number of piperazine rings is 1. The summed E-state index contributed by atoms with van der Waals surface area (Å²) in [5.74, 6) is -0.778. The fourth-order valence-corrected chi connectivity index (χ4v) is 3.02. The Morgan fingerprint density at radius 2 is 1.41 bits per heavy atom. The van der Waals surface area contributed by atoms with Crippen molar-refractivity contribution in [3.05, 3.63) is 66.2 Å². The Bertz CT molecular complexity index is 607. The van der Waals surface area contributed by atoms with Crippen molar-refractivity contribution in [2.24, 2.45) is 0 Å². The Morgan fingerprint density at radius 1 is 0.864 bits per heavy atom. The summed E-state index contributed by atoms with van der Waals surface area (Å²) >= 11 is 0. The van der Waals surface area contributed by atoms with Crippen LogP contribution in [-0.4, -0.2) is 42.2 Å². The Morgan fingerprint density at radius 3 is 1.95 bits per heavy atom. The number of hydrogen-bond donors (Lipinski definition) is 1. The van der Waals surface area contributed by atoms with Gasteiger partial charge in [-0.3, -0.25) is 9.69 Å². The highest BCUT2D eigenvalue weighted by atomic mass is 16.4. The molecule has 1 aliphatic rings. The molecule has 3 rings (SSSR count). The number of anilines is 1. The molecule has 22 heavy (non-hydrogen) atoms. The summed E-state index contributed by atoms with van der Waals surface area (Å²) in [6.45, 7) is 3.20. The first-order chi connectivity index (χ1) is 10.8. The van der Waals surface area contributed by atoms with E-state index in [0.29, 0.717) is 0 Å². The molecule has 1 aliphatic heterocycles. The van der Waals surface area contributed by atoms with Gasteiger partial charge in [0.25, 0.3) is 0 Å². The summed E-state index contributed by atoms with van der Waals surface area (Å²) in [4.78, 5) is 16.1. The molecule has 4 nitrogen and oxygen atoms in total. The molecule has 114 valence electrons. The van der Waals surface area contributed by atoms with E-state index in [1.807, 2.05) is 48.5 Å². The normalized spacial score (nSPS) is 17.2. The minimum absolute atomic E-state index is 0.556. The van der Waals surface area contributed by atoms with Crippen LogP contribution in [0.4, 0.5) is 5.69 Å². The van der Waals surface area contributed by atoms with Gasteiger partial charge in [-0.25, -0.2) is 0 Å². The van der Waals surface area contributed by atoms with Crippen molar-refractivity contribution in [2.45, 2.75) is 6.04 Å². The predicted molar refractivity (Wildman–Crippen MR) is 87.0 cm³/mol. The third-order valence-electron chi connectivity index (χ3n) is 4.15. The average molecular weight is 296 g/mol. The fraction of sp³-hybridized carbons (Fsp3) is 0.278. The van der Waals surface area contributed by atoms with Crippen molar-refractivity contribution in [3.63, 3.8) is 0 Å². The first-order valence-electron chi connectivity index (χ1n) is 7.57. The molecule has 0 spiro atoms. The number of rotatable bonds is 4. The molecule has 0 aliphatic carbocycles. The Labute approximate surface area is 130 Å². The second-order valence-electron chi connectivity index (χ2n) is 5.51. The van der Waals surface area contributed by atoms with Crippen LogP contribution in [0.15, 0.2) is 60.7 Å². The third-order valence-corrected chi connectivity index (χ3v) is 4.15. The van der Waals surface area contributed by atoms with Crippen molar-refractivity contribution in [3.8, 4) is 0 Å². The van der Waals surface area contributed by atoms with E-state index in [2.05, 4.69) is 21.9 Å². The Balaban J connectivity index is 1.70. The highest BCUT2D eigenvalue weighted by molar-refractivity contribution is 5.75. The molecule has 1 heterocycles. The molecule has 2 aromatic rings. The molecule has 0 bridgehead atoms. The molecule has 2 aromatic carbocycles. The van der Waals surface area contributed by atoms with Gasteiger partial charge in [0.15, 0.2) is 0 Å². The van der Waals surface area contributed by atoms with Crippen LogP contribution in [0.3, 0.4) is 0 Å². The number of benzene rings is 2. The van der Waals surface area contributed by atoms with Gasteiger partial charge in [-0.2, -0.15) is 0 Å². The zero-order valence-electron chi connectivity index (χ0n) is 12.4. The van der Waals surface area contributed by atoms with Gasteiger partial charge in [0, 0.05) is 31.9 Å². The molecule has 4 heteroatoms. The zero-order chi connectivity index (χ0) is 15.4. The lowest BCUT2D eigenvalue weighted by molar-refractivity contribution is -0.143. The lowest BCUT2D eigenvalue weighted by atomic mass is 10.0. The van der Waals surface area contributed by atoms with Crippen LogP contribution < -0.4 is 4.90 Å². The number of nitrogens with zero attached hydrogens (tertiary/aromatic N) is 2. The van der Waals surface area contributed by atoms with Gasteiger partial charge in [0.05, 0.1) is 0 Å². The van der Waals surface area contributed by atoms with E-state index in [4.69, 9.17) is 0 Å². The van der Waals surface area contributed by atoms with Gasteiger partial charge in [-0.1, -0.05) is 48.5 Å². The SMILES string of the molecule is O=C(O)[C@@H](c1ccccc1)N1CCN(c2ccccc2)CC1. The van der Waals surface area contributed by atoms with Crippen molar-refractivity contribution in [1.82, 2.24) is 4.90 Å². The lowest BCUT2D eigenvalue weighted by Crippen LogP contribution is -2.49. The van der Waals surface area contributed by atoms with Crippen molar-refractivity contribution >= 4 is 11.7 Å². The molecular formula is C18H20N2O2. The third kappa shape index (κ3) is 3.12. The van der Waals surface area contributed by atoms with E-state index in [1.165, 1.54) is 5.69 Å². The van der Waals surface area contributed by atoms with Crippen molar-refractivity contribution in [1.29, 1.82) is 0 Å². The average Bonchev–Trinajstić information content (AvgIpc) is 2.57. The van der Waals surface area contributed by atoms with E-state index >= 15 is 0 Å². The lowest BCUT2D eigenvalue weighted by Gasteiger charge is -2.38. The van der Waals surface area contributed by atoms with Crippen molar-refractivity contribution in [2.75, 3.05) is 31.1 Å². The van der Waals surface area contributed by atoms with Gasteiger partial charge < -0.3 is 10.0 Å². The van der Waals surface area contributed by atoms with Crippen LogP contribution in [0.2, 0.25) is 0 Å². The zero-order valence-corrected chi connectivity index (χ0v) is 12.4. The summed E-state index contributed by atoms with van der Waals surface area (Å²) < 4.78 is 0. The number of para-hydroxylation sites is 1. The summed E-state index contributed by atoms with van der Waals surface area (Å²) in [5, 5.41) is 9.61. The molecule has 1 atom stereocenters. The van der Waals surface area contributed by atoms with E-state index in [1.54, 1.807) is 0 Å².